The van der Waals surface area contributed by atoms with E-state index in [9.17, 15) is 0 Å². The monoisotopic (exact) mass is 322 g/mol. The zero-order chi connectivity index (χ0) is 17.0. The first-order valence-corrected chi connectivity index (χ1v) is 8.46. The van der Waals surface area contributed by atoms with Crippen LogP contribution < -0.4 is 10.6 Å². The molecular formula is C20H26N4. The quantitative estimate of drug-likeness (QED) is 0.617. The molecule has 0 fully saturated rings. The van der Waals surface area contributed by atoms with Gasteiger partial charge in [-0.2, -0.15) is 0 Å². The lowest BCUT2D eigenvalue weighted by Gasteiger charge is -2.10. The van der Waals surface area contributed by atoms with Crippen LogP contribution in [0.1, 0.15) is 37.1 Å². The van der Waals surface area contributed by atoms with E-state index in [4.69, 9.17) is 0 Å². The Morgan fingerprint density at radius 3 is 1.54 bits per heavy atom. The fourth-order valence-corrected chi connectivity index (χ4v) is 2.35. The molecule has 2 aromatic heterocycles. The first-order valence-electron chi connectivity index (χ1n) is 8.46. The summed E-state index contributed by atoms with van der Waals surface area (Å²) in [6.07, 6.45) is 8.22. The maximum atomic E-state index is 4.28. The predicted octanol–water partition coefficient (Wildman–Crippen LogP) is 3.86. The highest BCUT2D eigenvalue weighted by atomic mass is 14.9. The van der Waals surface area contributed by atoms with E-state index in [0.717, 1.165) is 48.7 Å². The van der Waals surface area contributed by atoms with Gasteiger partial charge in [0.2, 0.25) is 0 Å². The van der Waals surface area contributed by atoms with Crippen LogP contribution in [0.2, 0.25) is 0 Å². The van der Waals surface area contributed by atoms with Gasteiger partial charge in [0.25, 0.3) is 0 Å². The summed E-state index contributed by atoms with van der Waals surface area (Å²) in [5.74, 6) is 0. The summed E-state index contributed by atoms with van der Waals surface area (Å²) in [5.41, 5.74) is 3.61. The van der Waals surface area contributed by atoms with Gasteiger partial charge in [-0.05, 0) is 37.1 Å². The largest absolute Gasteiger partial charge is 0.384 e. The second kappa shape index (κ2) is 10.2. The first-order chi connectivity index (χ1) is 11.8. The topological polar surface area (TPSA) is 49.8 Å². The highest BCUT2D eigenvalue weighted by Crippen LogP contribution is 2.07. The van der Waals surface area contributed by atoms with E-state index in [1.807, 2.05) is 36.4 Å². The smallest absolute Gasteiger partial charge is 0.0854 e. The van der Waals surface area contributed by atoms with Crippen LogP contribution in [0, 0.1) is 0 Å². The predicted molar refractivity (Wildman–Crippen MR) is 101 cm³/mol. The zero-order valence-corrected chi connectivity index (χ0v) is 14.2. The van der Waals surface area contributed by atoms with Gasteiger partial charge < -0.3 is 10.6 Å². The Hall–Kier alpha value is -2.62. The van der Waals surface area contributed by atoms with Gasteiger partial charge in [-0.1, -0.05) is 38.1 Å². The molecule has 0 saturated carbocycles. The van der Waals surface area contributed by atoms with E-state index in [0.29, 0.717) is 0 Å². The van der Waals surface area contributed by atoms with E-state index < -0.39 is 0 Å². The van der Waals surface area contributed by atoms with Gasteiger partial charge >= 0.3 is 0 Å². The number of hydrogen-bond acceptors (Lipinski definition) is 4. The van der Waals surface area contributed by atoms with Crippen molar-refractivity contribution in [3.63, 3.8) is 0 Å². The molecule has 0 aliphatic rings. The molecule has 4 nitrogen and oxygen atoms in total. The molecule has 0 saturated heterocycles. The van der Waals surface area contributed by atoms with Gasteiger partial charge in [-0.3, -0.25) is 9.97 Å². The molecule has 0 radical (unpaired) electrons. The zero-order valence-electron chi connectivity index (χ0n) is 14.2. The standard InChI is InChI=1S/C20H26N4/c1-17(19-11-5-9-15-23-19)21-13-7-3-4-8-14-22-18(2)20-12-6-10-16-24-20/h5-6,9-12,15-16,21-22H,1-4,7-8,13-14H2. The molecule has 0 atom stereocenters. The normalized spacial score (nSPS) is 10.2. The minimum atomic E-state index is 0.893. The van der Waals surface area contributed by atoms with E-state index in [1.165, 1.54) is 12.8 Å². The Bertz CT molecular complexity index is 565. The van der Waals surface area contributed by atoms with Crippen molar-refractivity contribution < 1.29 is 0 Å². The lowest BCUT2D eigenvalue weighted by atomic mass is 10.2. The van der Waals surface area contributed by atoms with Crippen molar-refractivity contribution >= 4 is 11.4 Å². The Labute approximate surface area is 144 Å². The van der Waals surface area contributed by atoms with Crippen LogP contribution in [0.5, 0.6) is 0 Å². The fraction of sp³-hybridized carbons (Fsp3) is 0.300. The maximum absolute atomic E-state index is 4.28. The Kier molecular flexibility index (Phi) is 7.54. The number of unbranched alkanes of at least 4 members (excludes halogenated alkanes) is 3. The molecule has 0 bridgehead atoms. The van der Waals surface area contributed by atoms with Crippen molar-refractivity contribution in [1.29, 1.82) is 0 Å². The van der Waals surface area contributed by atoms with Crippen LogP contribution in [-0.4, -0.2) is 23.1 Å². The number of nitrogens with one attached hydrogen (secondary N) is 2. The molecule has 0 aliphatic heterocycles. The van der Waals surface area contributed by atoms with Crippen LogP contribution in [0.3, 0.4) is 0 Å². The summed E-state index contributed by atoms with van der Waals surface area (Å²) in [5, 5.41) is 6.67. The highest BCUT2D eigenvalue weighted by molar-refractivity contribution is 5.58. The van der Waals surface area contributed by atoms with Gasteiger partial charge in [-0.15, -0.1) is 0 Å². The lowest BCUT2D eigenvalue weighted by Crippen LogP contribution is -2.15. The molecule has 0 aromatic carbocycles. The van der Waals surface area contributed by atoms with Crippen molar-refractivity contribution in [2.45, 2.75) is 25.7 Å². The number of aromatic nitrogens is 2. The van der Waals surface area contributed by atoms with E-state index in [2.05, 4.69) is 33.8 Å². The maximum Gasteiger partial charge on any atom is 0.0854 e. The fourth-order valence-electron chi connectivity index (χ4n) is 2.35. The SMILES string of the molecule is C=C(NCCCCCCNC(=C)c1ccccn1)c1ccccn1. The Morgan fingerprint density at radius 1 is 0.708 bits per heavy atom. The summed E-state index contributed by atoms with van der Waals surface area (Å²) in [6, 6.07) is 11.7. The summed E-state index contributed by atoms with van der Waals surface area (Å²) in [6.45, 7) is 9.91. The van der Waals surface area contributed by atoms with Gasteiger partial charge in [0, 0.05) is 25.5 Å². The van der Waals surface area contributed by atoms with E-state index in [-0.39, 0.29) is 0 Å². The molecule has 126 valence electrons. The van der Waals surface area contributed by atoms with E-state index >= 15 is 0 Å². The molecule has 0 spiro atoms. The van der Waals surface area contributed by atoms with E-state index in [1.54, 1.807) is 12.4 Å². The Balaban J connectivity index is 1.48. The van der Waals surface area contributed by atoms with Crippen LogP contribution in [0.15, 0.2) is 61.9 Å². The molecule has 0 aliphatic carbocycles. The summed E-state index contributed by atoms with van der Waals surface area (Å²) in [7, 11) is 0. The third-order valence-electron chi connectivity index (χ3n) is 3.73. The lowest BCUT2D eigenvalue weighted by molar-refractivity contribution is 0.618. The summed E-state index contributed by atoms with van der Waals surface area (Å²) in [4.78, 5) is 8.55. The van der Waals surface area contributed by atoms with Crippen LogP contribution >= 0.6 is 0 Å². The van der Waals surface area contributed by atoms with Gasteiger partial charge in [0.05, 0.1) is 22.8 Å². The minimum absolute atomic E-state index is 0.893. The van der Waals surface area contributed by atoms with Gasteiger partial charge in [0.15, 0.2) is 0 Å². The number of pyridine rings is 2. The second-order valence-corrected chi connectivity index (χ2v) is 5.65. The second-order valence-electron chi connectivity index (χ2n) is 5.65. The van der Waals surface area contributed by atoms with Gasteiger partial charge in [0.1, 0.15) is 0 Å². The average molecular weight is 322 g/mol. The van der Waals surface area contributed by atoms with Crippen LogP contribution in [0.25, 0.3) is 11.4 Å². The molecule has 24 heavy (non-hydrogen) atoms. The van der Waals surface area contributed by atoms with Crippen molar-refractivity contribution in [2.75, 3.05) is 13.1 Å². The molecule has 0 unspecified atom stereocenters. The number of hydrogen-bond donors (Lipinski definition) is 2. The van der Waals surface area contributed by atoms with Crippen LogP contribution in [-0.2, 0) is 0 Å². The summed E-state index contributed by atoms with van der Waals surface area (Å²) < 4.78 is 0. The van der Waals surface area contributed by atoms with Crippen molar-refractivity contribution in [1.82, 2.24) is 20.6 Å². The molecule has 2 N–H and O–H groups in total. The molecular weight excluding hydrogens is 296 g/mol. The van der Waals surface area contributed by atoms with Gasteiger partial charge in [-0.25, -0.2) is 0 Å². The highest BCUT2D eigenvalue weighted by Gasteiger charge is 1.99. The molecule has 2 rings (SSSR count). The number of nitrogens with zero attached hydrogens (tertiary/aromatic N) is 2. The van der Waals surface area contributed by atoms with Crippen molar-refractivity contribution in [3.8, 4) is 0 Å². The molecule has 2 heterocycles. The minimum Gasteiger partial charge on any atom is -0.384 e. The summed E-state index contributed by atoms with van der Waals surface area (Å²) >= 11 is 0. The molecule has 2 aromatic rings. The van der Waals surface area contributed by atoms with Crippen molar-refractivity contribution in [2.24, 2.45) is 0 Å². The first kappa shape index (κ1) is 17.7. The third kappa shape index (κ3) is 6.24. The van der Waals surface area contributed by atoms with Crippen LogP contribution in [0.4, 0.5) is 0 Å². The molecule has 4 heteroatoms. The third-order valence-corrected chi connectivity index (χ3v) is 3.73. The molecule has 0 amide bonds. The number of rotatable bonds is 11. The van der Waals surface area contributed by atoms with Crippen molar-refractivity contribution in [3.05, 3.63) is 73.3 Å². The Morgan fingerprint density at radius 2 is 1.17 bits per heavy atom. The average Bonchev–Trinajstić information content (AvgIpc) is 2.65.